The van der Waals surface area contributed by atoms with E-state index >= 15 is 0 Å². The van der Waals surface area contributed by atoms with Gasteiger partial charge in [0.1, 0.15) is 10.3 Å². The predicted molar refractivity (Wildman–Crippen MR) is 75.1 cm³/mol. The SMILES string of the molecule is O=C(NC1CCCCC1C(=O)O)c1ccc(Cl)nc1Cl. The minimum Gasteiger partial charge on any atom is -0.481 e. The van der Waals surface area contributed by atoms with Crippen LogP contribution < -0.4 is 5.32 Å². The topological polar surface area (TPSA) is 79.3 Å². The van der Waals surface area contributed by atoms with Crippen LogP contribution in [-0.2, 0) is 4.79 Å². The molecule has 1 aromatic rings. The van der Waals surface area contributed by atoms with Crippen LogP contribution in [0.4, 0.5) is 0 Å². The van der Waals surface area contributed by atoms with Crippen LogP contribution in [0.1, 0.15) is 36.0 Å². The Hall–Kier alpha value is -1.33. The number of carboxylic acid groups (broad SMARTS) is 1. The molecular weight excluding hydrogens is 303 g/mol. The fourth-order valence-corrected chi connectivity index (χ4v) is 2.86. The molecule has 2 unspecified atom stereocenters. The molecule has 0 saturated heterocycles. The van der Waals surface area contributed by atoms with Crippen molar-refractivity contribution in [2.75, 3.05) is 0 Å². The molecule has 20 heavy (non-hydrogen) atoms. The summed E-state index contributed by atoms with van der Waals surface area (Å²) in [5, 5.41) is 12.1. The highest BCUT2D eigenvalue weighted by atomic mass is 35.5. The first-order chi connectivity index (χ1) is 9.49. The second kappa shape index (κ2) is 6.41. The number of aliphatic carboxylic acids is 1. The molecule has 0 bridgehead atoms. The lowest BCUT2D eigenvalue weighted by molar-refractivity contribution is -0.143. The van der Waals surface area contributed by atoms with Gasteiger partial charge in [-0.2, -0.15) is 0 Å². The van der Waals surface area contributed by atoms with Crippen molar-refractivity contribution in [3.8, 4) is 0 Å². The van der Waals surface area contributed by atoms with E-state index in [4.69, 9.17) is 23.2 Å². The minimum absolute atomic E-state index is 0.0117. The summed E-state index contributed by atoms with van der Waals surface area (Å²) in [6.07, 6.45) is 3.00. The van der Waals surface area contributed by atoms with Crippen molar-refractivity contribution < 1.29 is 14.7 Å². The Morgan fingerprint density at radius 1 is 1.25 bits per heavy atom. The number of nitrogens with one attached hydrogen (secondary N) is 1. The molecule has 1 saturated carbocycles. The van der Waals surface area contributed by atoms with Crippen LogP contribution in [0.3, 0.4) is 0 Å². The first kappa shape index (κ1) is 15.1. The molecule has 2 atom stereocenters. The normalized spacial score (nSPS) is 22.3. The molecule has 0 aromatic carbocycles. The highest BCUT2D eigenvalue weighted by molar-refractivity contribution is 6.34. The molecule has 7 heteroatoms. The molecule has 1 heterocycles. The number of pyridine rings is 1. The molecule has 0 radical (unpaired) electrons. The molecule has 1 amide bonds. The molecule has 1 aromatic heterocycles. The van der Waals surface area contributed by atoms with Crippen molar-refractivity contribution in [1.29, 1.82) is 0 Å². The number of carbonyl (C=O) groups excluding carboxylic acids is 1. The highest BCUT2D eigenvalue weighted by Crippen LogP contribution is 2.25. The van der Waals surface area contributed by atoms with Crippen LogP contribution in [0.2, 0.25) is 10.3 Å². The van der Waals surface area contributed by atoms with E-state index in [2.05, 4.69) is 10.3 Å². The lowest BCUT2D eigenvalue weighted by Crippen LogP contribution is -2.45. The molecule has 2 N–H and O–H groups in total. The van der Waals surface area contributed by atoms with Gasteiger partial charge in [-0.1, -0.05) is 36.0 Å². The quantitative estimate of drug-likeness (QED) is 0.840. The van der Waals surface area contributed by atoms with Crippen molar-refractivity contribution in [3.05, 3.63) is 28.0 Å². The maximum atomic E-state index is 12.1. The van der Waals surface area contributed by atoms with Gasteiger partial charge in [0.2, 0.25) is 0 Å². The second-order valence-electron chi connectivity index (χ2n) is 4.78. The van der Waals surface area contributed by atoms with Crippen molar-refractivity contribution in [2.24, 2.45) is 5.92 Å². The van der Waals surface area contributed by atoms with Crippen LogP contribution in [0.25, 0.3) is 0 Å². The summed E-state index contributed by atoms with van der Waals surface area (Å²) in [4.78, 5) is 27.1. The zero-order chi connectivity index (χ0) is 14.7. The molecule has 1 aliphatic rings. The Kier molecular flexibility index (Phi) is 4.83. The largest absolute Gasteiger partial charge is 0.481 e. The van der Waals surface area contributed by atoms with Gasteiger partial charge < -0.3 is 10.4 Å². The summed E-state index contributed by atoms with van der Waals surface area (Å²) in [6, 6.07) is 2.57. The number of nitrogens with zero attached hydrogens (tertiary/aromatic N) is 1. The first-order valence-electron chi connectivity index (χ1n) is 6.34. The molecule has 0 aliphatic heterocycles. The summed E-state index contributed by atoms with van der Waals surface area (Å²) < 4.78 is 0. The number of rotatable bonds is 3. The molecule has 108 valence electrons. The van der Waals surface area contributed by atoms with Gasteiger partial charge in [0, 0.05) is 6.04 Å². The van der Waals surface area contributed by atoms with Crippen molar-refractivity contribution in [1.82, 2.24) is 10.3 Å². The zero-order valence-electron chi connectivity index (χ0n) is 10.6. The Morgan fingerprint density at radius 3 is 2.60 bits per heavy atom. The summed E-state index contributed by atoms with van der Waals surface area (Å²) in [5.41, 5.74) is 0.200. The molecule has 5 nitrogen and oxygen atoms in total. The third kappa shape index (κ3) is 3.41. The van der Waals surface area contributed by atoms with Gasteiger partial charge in [0.25, 0.3) is 5.91 Å². The number of hydrogen-bond acceptors (Lipinski definition) is 3. The fourth-order valence-electron chi connectivity index (χ4n) is 2.43. The van der Waals surface area contributed by atoms with Crippen LogP contribution in [0.15, 0.2) is 12.1 Å². The van der Waals surface area contributed by atoms with Gasteiger partial charge in [-0.05, 0) is 25.0 Å². The van der Waals surface area contributed by atoms with Gasteiger partial charge >= 0.3 is 5.97 Å². The molecule has 1 aliphatic carbocycles. The number of amides is 1. The Balaban J connectivity index is 2.11. The maximum Gasteiger partial charge on any atom is 0.308 e. The van der Waals surface area contributed by atoms with E-state index in [-0.39, 0.29) is 21.9 Å². The predicted octanol–water partition coefficient (Wildman–Crippen LogP) is 2.76. The van der Waals surface area contributed by atoms with E-state index in [1.165, 1.54) is 12.1 Å². The highest BCUT2D eigenvalue weighted by Gasteiger charge is 2.32. The standard InChI is InChI=1S/C13H14Cl2N2O3/c14-10-6-5-8(11(15)17-10)12(18)16-9-4-2-1-3-7(9)13(19)20/h5-7,9H,1-4H2,(H,16,18)(H,19,20). The third-order valence-electron chi connectivity index (χ3n) is 3.46. The first-order valence-corrected chi connectivity index (χ1v) is 7.10. The number of carboxylic acids is 1. The number of aromatic nitrogens is 1. The van der Waals surface area contributed by atoms with E-state index in [1.807, 2.05) is 0 Å². The smallest absolute Gasteiger partial charge is 0.308 e. The molecule has 2 rings (SSSR count). The average Bonchev–Trinajstić information content (AvgIpc) is 2.38. The van der Waals surface area contributed by atoms with Gasteiger partial charge in [-0.25, -0.2) is 4.98 Å². The van der Waals surface area contributed by atoms with Gasteiger partial charge in [0.15, 0.2) is 0 Å². The van der Waals surface area contributed by atoms with E-state index in [9.17, 15) is 14.7 Å². The Morgan fingerprint density at radius 2 is 1.95 bits per heavy atom. The second-order valence-corrected chi connectivity index (χ2v) is 5.53. The summed E-state index contributed by atoms with van der Waals surface area (Å²) in [7, 11) is 0. The van der Waals surface area contributed by atoms with Gasteiger partial charge in [-0.15, -0.1) is 0 Å². The zero-order valence-corrected chi connectivity index (χ0v) is 12.1. The van der Waals surface area contributed by atoms with Crippen LogP contribution >= 0.6 is 23.2 Å². The lowest BCUT2D eigenvalue weighted by Gasteiger charge is -2.29. The molecule has 1 fully saturated rings. The minimum atomic E-state index is -0.879. The number of hydrogen-bond donors (Lipinski definition) is 2. The van der Waals surface area contributed by atoms with E-state index in [0.717, 1.165) is 12.8 Å². The Labute approximate surface area is 126 Å². The van der Waals surface area contributed by atoms with Crippen LogP contribution in [0, 0.1) is 5.92 Å². The van der Waals surface area contributed by atoms with E-state index in [1.54, 1.807) is 0 Å². The van der Waals surface area contributed by atoms with Crippen LogP contribution in [0.5, 0.6) is 0 Å². The molecular formula is C13H14Cl2N2O3. The van der Waals surface area contributed by atoms with Gasteiger partial charge in [-0.3, -0.25) is 9.59 Å². The maximum absolute atomic E-state index is 12.1. The monoisotopic (exact) mass is 316 g/mol. The van der Waals surface area contributed by atoms with Crippen LogP contribution in [-0.4, -0.2) is 28.0 Å². The number of carbonyl (C=O) groups is 2. The summed E-state index contributed by atoms with van der Waals surface area (Å²) >= 11 is 11.5. The Bertz CT molecular complexity index is 536. The van der Waals surface area contributed by atoms with Crippen molar-refractivity contribution in [3.63, 3.8) is 0 Å². The summed E-state index contributed by atoms with van der Waals surface area (Å²) in [5.74, 6) is -1.85. The number of halogens is 2. The van der Waals surface area contributed by atoms with Crippen molar-refractivity contribution in [2.45, 2.75) is 31.7 Å². The van der Waals surface area contributed by atoms with Crippen molar-refractivity contribution >= 4 is 35.1 Å². The van der Waals surface area contributed by atoms with Gasteiger partial charge in [0.05, 0.1) is 11.5 Å². The molecule has 0 spiro atoms. The third-order valence-corrected chi connectivity index (χ3v) is 3.96. The van der Waals surface area contributed by atoms with E-state index < -0.39 is 17.8 Å². The average molecular weight is 317 g/mol. The van der Waals surface area contributed by atoms with E-state index in [0.29, 0.717) is 12.8 Å². The summed E-state index contributed by atoms with van der Waals surface area (Å²) in [6.45, 7) is 0. The fraction of sp³-hybridized carbons (Fsp3) is 0.462. The lowest BCUT2D eigenvalue weighted by atomic mass is 9.84.